The molecule has 0 aliphatic carbocycles. The Hall–Kier alpha value is -2.25. The molecule has 1 aliphatic heterocycles. The normalized spacial score (nSPS) is 17.4. The fraction of sp³-hybridized carbons (Fsp3) is 0.125. The molecule has 4 heteroatoms. The Labute approximate surface area is 122 Å². The maximum atomic E-state index is 8.78. The third kappa shape index (κ3) is 2.84. The number of thioether (sulfide) groups is 1. The van der Waals surface area contributed by atoms with Gasteiger partial charge >= 0.3 is 0 Å². The van der Waals surface area contributed by atoms with Crippen LogP contribution in [0.15, 0.2) is 59.6 Å². The summed E-state index contributed by atoms with van der Waals surface area (Å²) in [5, 5.41) is 13.0. The third-order valence-electron chi connectivity index (χ3n) is 3.10. The lowest BCUT2D eigenvalue weighted by molar-refractivity contribution is 0.849. The van der Waals surface area contributed by atoms with Crippen molar-refractivity contribution in [1.29, 1.82) is 5.26 Å². The summed E-state index contributed by atoms with van der Waals surface area (Å²) in [5.41, 5.74) is 2.87. The first-order valence-electron chi connectivity index (χ1n) is 6.38. The SMILES string of the molecule is N#Cc1ccc(NC2=NC(c3ccccc3)CS2)cc1. The van der Waals surface area contributed by atoms with Crippen LogP contribution in [0.2, 0.25) is 0 Å². The Morgan fingerprint density at radius 2 is 1.85 bits per heavy atom. The average molecular weight is 279 g/mol. The van der Waals surface area contributed by atoms with Gasteiger partial charge in [0.05, 0.1) is 17.7 Å². The molecule has 98 valence electrons. The molecule has 3 rings (SSSR count). The van der Waals surface area contributed by atoms with Gasteiger partial charge in [0.1, 0.15) is 0 Å². The van der Waals surface area contributed by atoms with E-state index in [4.69, 9.17) is 10.3 Å². The summed E-state index contributed by atoms with van der Waals surface area (Å²) in [6, 6.07) is 20.1. The summed E-state index contributed by atoms with van der Waals surface area (Å²) in [6.07, 6.45) is 0. The molecule has 1 unspecified atom stereocenters. The molecule has 0 fully saturated rings. The first kappa shape index (κ1) is 12.8. The minimum absolute atomic E-state index is 0.224. The summed E-state index contributed by atoms with van der Waals surface area (Å²) in [6.45, 7) is 0. The molecule has 1 heterocycles. The number of anilines is 1. The molecule has 0 saturated heterocycles. The number of nitrogens with zero attached hydrogens (tertiary/aromatic N) is 2. The summed E-state index contributed by atoms with van der Waals surface area (Å²) < 4.78 is 0. The van der Waals surface area contributed by atoms with Crippen molar-refractivity contribution >= 4 is 22.6 Å². The maximum absolute atomic E-state index is 8.78. The minimum Gasteiger partial charge on any atom is -0.335 e. The average Bonchev–Trinajstić information content (AvgIpc) is 2.97. The predicted molar refractivity (Wildman–Crippen MR) is 83.9 cm³/mol. The van der Waals surface area contributed by atoms with Crippen molar-refractivity contribution in [3.63, 3.8) is 0 Å². The Balaban J connectivity index is 1.71. The quantitative estimate of drug-likeness (QED) is 0.909. The zero-order valence-electron chi connectivity index (χ0n) is 10.8. The topological polar surface area (TPSA) is 48.2 Å². The van der Waals surface area contributed by atoms with Crippen molar-refractivity contribution in [3.05, 3.63) is 65.7 Å². The van der Waals surface area contributed by atoms with Crippen LogP contribution in [-0.4, -0.2) is 10.9 Å². The van der Waals surface area contributed by atoms with E-state index < -0.39 is 0 Å². The Morgan fingerprint density at radius 3 is 2.55 bits per heavy atom. The lowest BCUT2D eigenvalue weighted by Gasteiger charge is -2.05. The molecular formula is C16H13N3S. The lowest BCUT2D eigenvalue weighted by atomic mass is 10.1. The molecule has 1 atom stereocenters. The van der Waals surface area contributed by atoms with E-state index >= 15 is 0 Å². The molecule has 0 spiro atoms. The maximum Gasteiger partial charge on any atom is 0.161 e. The van der Waals surface area contributed by atoms with Crippen LogP contribution in [0.5, 0.6) is 0 Å². The van der Waals surface area contributed by atoms with E-state index in [1.54, 1.807) is 23.9 Å². The monoisotopic (exact) mass is 279 g/mol. The molecule has 2 aromatic rings. The largest absolute Gasteiger partial charge is 0.335 e. The summed E-state index contributed by atoms with van der Waals surface area (Å²) >= 11 is 1.72. The Bertz CT molecular complexity index is 656. The number of amidine groups is 1. The first-order chi connectivity index (χ1) is 9.85. The van der Waals surface area contributed by atoms with Gasteiger partial charge in [0, 0.05) is 11.4 Å². The lowest BCUT2D eigenvalue weighted by Crippen LogP contribution is -2.04. The van der Waals surface area contributed by atoms with Crippen LogP contribution in [0, 0.1) is 11.3 Å². The van der Waals surface area contributed by atoms with Gasteiger partial charge < -0.3 is 5.32 Å². The molecular weight excluding hydrogens is 266 g/mol. The molecule has 0 amide bonds. The number of rotatable bonds is 2. The van der Waals surface area contributed by atoms with E-state index in [9.17, 15) is 0 Å². The van der Waals surface area contributed by atoms with Crippen LogP contribution in [-0.2, 0) is 0 Å². The van der Waals surface area contributed by atoms with Crippen LogP contribution in [0.3, 0.4) is 0 Å². The third-order valence-corrected chi connectivity index (χ3v) is 4.06. The van der Waals surface area contributed by atoms with Gasteiger partial charge in [-0.25, -0.2) is 0 Å². The van der Waals surface area contributed by atoms with Gasteiger partial charge in [0.25, 0.3) is 0 Å². The van der Waals surface area contributed by atoms with E-state index in [-0.39, 0.29) is 6.04 Å². The standard InChI is InChI=1S/C16H13N3S/c17-10-12-6-8-14(9-7-12)18-16-19-15(11-20-16)13-4-2-1-3-5-13/h1-9,15H,11H2,(H,18,19). The van der Waals surface area contributed by atoms with Crippen molar-refractivity contribution in [1.82, 2.24) is 0 Å². The number of benzene rings is 2. The molecule has 2 aromatic carbocycles. The first-order valence-corrected chi connectivity index (χ1v) is 7.36. The predicted octanol–water partition coefficient (Wildman–Crippen LogP) is 3.81. The van der Waals surface area contributed by atoms with Gasteiger partial charge in [-0.3, -0.25) is 4.99 Å². The zero-order chi connectivity index (χ0) is 13.8. The molecule has 0 bridgehead atoms. The molecule has 1 aliphatic rings. The molecule has 3 nitrogen and oxygen atoms in total. The van der Waals surface area contributed by atoms with Crippen LogP contribution in [0.1, 0.15) is 17.2 Å². The van der Waals surface area contributed by atoms with E-state index in [1.807, 2.05) is 30.3 Å². The highest BCUT2D eigenvalue weighted by Gasteiger charge is 2.19. The van der Waals surface area contributed by atoms with E-state index in [0.29, 0.717) is 5.56 Å². The van der Waals surface area contributed by atoms with Crippen molar-refractivity contribution in [2.45, 2.75) is 6.04 Å². The van der Waals surface area contributed by atoms with Crippen LogP contribution >= 0.6 is 11.8 Å². The molecule has 0 radical (unpaired) electrons. The smallest absolute Gasteiger partial charge is 0.161 e. The molecule has 0 aromatic heterocycles. The van der Waals surface area contributed by atoms with E-state index in [1.165, 1.54) is 5.56 Å². The van der Waals surface area contributed by atoms with Gasteiger partial charge in [0.2, 0.25) is 0 Å². The minimum atomic E-state index is 0.224. The van der Waals surface area contributed by atoms with Crippen LogP contribution in [0.25, 0.3) is 0 Å². The highest BCUT2D eigenvalue weighted by Crippen LogP contribution is 2.30. The number of aliphatic imine (C=N–C) groups is 1. The van der Waals surface area contributed by atoms with Gasteiger partial charge in [-0.2, -0.15) is 5.26 Å². The fourth-order valence-electron chi connectivity index (χ4n) is 2.04. The fourth-order valence-corrected chi connectivity index (χ4v) is 3.01. The van der Waals surface area contributed by atoms with Crippen molar-refractivity contribution < 1.29 is 0 Å². The molecule has 0 saturated carbocycles. The second-order valence-electron chi connectivity index (χ2n) is 4.49. The number of nitrogens with one attached hydrogen (secondary N) is 1. The summed E-state index contributed by atoms with van der Waals surface area (Å²) in [7, 11) is 0. The zero-order valence-corrected chi connectivity index (χ0v) is 11.6. The van der Waals surface area contributed by atoms with Crippen molar-refractivity contribution in [2.24, 2.45) is 4.99 Å². The second-order valence-corrected chi connectivity index (χ2v) is 5.49. The highest BCUT2D eigenvalue weighted by molar-refractivity contribution is 8.14. The summed E-state index contributed by atoms with van der Waals surface area (Å²) in [5.74, 6) is 0.961. The Kier molecular flexibility index (Phi) is 3.71. The van der Waals surface area contributed by atoms with E-state index in [0.717, 1.165) is 16.6 Å². The second kappa shape index (κ2) is 5.81. The van der Waals surface area contributed by atoms with Gasteiger partial charge in [0.15, 0.2) is 5.17 Å². The van der Waals surface area contributed by atoms with Gasteiger partial charge in [-0.05, 0) is 29.8 Å². The number of hydrogen-bond donors (Lipinski definition) is 1. The number of nitriles is 1. The number of hydrogen-bond acceptors (Lipinski definition) is 4. The Morgan fingerprint density at radius 1 is 1.10 bits per heavy atom. The highest BCUT2D eigenvalue weighted by atomic mass is 32.2. The van der Waals surface area contributed by atoms with Crippen LogP contribution < -0.4 is 5.32 Å². The van der Waals surface area contributed by atoms with Gasteiger partial charge in [-0.15, -0.1) is 0 Å². The van der Waals surface area contributed by atoms with Crippen LogP contribution in [0.4, 0.5) is 5.69 Å². The van der Waals surface area contributed by atoms with Crippen molar-refractivity contribution in [3.8, 4) is 6.07 Å². The molecule has 20 heavy (non-hydrogen) atoms. The van der Waals surface area contributed by atoms with E-state index in [2.05, 4.69) is 23.5 Å². The van der Waals surface area contributed by atoms with Crippen molar-refractivity contribution in [2.75, 3.05) is 11.1 Å². The summed E-state index contributed by atoms with van der Waals surface area (Å²) in [4.78, 5) is 4.70. The van der Waals surface area contributed by atoms with Gasteiger partial charge in [-0.1, -0.05) is 42.1 Å². The molecule has 1 N–H and O–H groups in total.